The minimum absolute atomic E-state index is 0.174. The minimum Gasteiger partial charge on any atom is -0.361 e. The van der Waals surface area contributed by atoms with Crippen LogP contribution in [0.5, 0.6) is 0 Å². The van der Waals surface area contributed by atoms with Crippen molar-refractivity contribution < 1.29 is 9.59 Å². The van der Waals surface area contributed by atoms with Crippen molar-refractivity contribution in [2.45, 2.75) is 64.3 Å². The van der Waals surface area contributed by atoms with Gasteiger partial charge in [0.05, 0.1) is 0 Å². The topological polar surface area (TPSA) is 95.9 Å². The lowest BCUT2D eigenvalue weighted by Crippen LogP contribution is -2.34. The zero-order valence-electron chi connectivity index (χ0n) is 19.8. The van der Waals surface area contributed by atoms with Crippen LogP contribution in [0.15, 0.2) is 30.5 Å². The van der Waals surface area contributed by atoms with Crippen molar-refractivity contribution in [1.29, 1.82) is 0 Å². The van der Waals surface area contributed by atoms with Crippen LogP contribution in [0.2, 0.25) is 0 Å². The molecule has 0 atom stereocenters. The van der Waals surface area contributed by atoms with E-state index in [1.54, 1.807) is 0 Å². The lowest BCUT2D eigenvalue weighted by Gasteiger charge is -2.21. The number of para-hydroxylation sites is 1. The van der Waals surface area contributed by atoms with Crippen molar-refractivity contribution in [3.05, 3.63) is 47.7 Å². The molecule has 2 aromatic heterocycles. The SMILES string of the molecule is O=C(NCCc1nnc2n1CCN(C(=O)CCc1c[nH]c3ccccc13)CC2)C1CCCCC1. The minimum atomic E-state index is 0.174. The highest BCUT2D eigenvalue weighted by Gasteiger charge is 2.23. The first-order chi connectivity index (χ1) is 16.7. The van der Waals surface area contributed by atoms with E-state index in [2.05, 4.69) is 37.2 Å². The summed E-state index contributed by atoms with van der Waals surface area (Å²) in [6, 6.07) is 8.21. The molecule has 8 heteroatoms. The summed E-state index contributed by atoms with van der Waals surface area (Å²) in [6.45, 7) is 2.62. The quantitative estimate of drug-likeness (QED) is 0.564. The zero-order valence-corrected chi connectivity index (χ0v) is 19.8. The number of aromatic amines is 1. The van der Waals surface area contributed by atoms with Gasteiger partial charge < -0.3 is 19.8 Å². The number of H-pyrrole nitrogens is 1. The molecule has 2 N–H and O–H groups in total. The smallest absolute Gasteiger partial charge is 0.223 e. The maximum Gasteiger partial charge on any atom is 0.223 e. The molecule has 1 aromatic carbocycles. The molecule has 180 valence electrons. The summed E-state index contributed by atoms with van der Waals surface area (Å²) >= 11 is 0. The van der Waals surface area contributed by atoms with E-state index in [9.17, 15) is 9.59 Å². The Morgan fingerprint density at radius 2 is 1.88 bits per heavy atom. The highest BCUT2D eigenvalue weighted by Crippen LogP contribution is 2.23. The second-order valence-corrected chi connectivity index (χ2v) is 9.55. The highest BCUT2D eigenvalue weighted by atomic mass is 16.2. The molecule has 0 saturated heterocycles. The van der Waals surface area contributed by atoms with Gasteiger partial charge in [-0.15, -0.1) is 10.2 Å². The van der Waals surface area contributed by atoms with Gasteiger partial charge in [-0.3, -0.25) is 9.59 Å². The van der Waals surface area contributed by atoms with Crippen LogP contribution in [0.25, 0.3) is 10.9 Å². The Bertz CT molecular complexity index is 1140. The van der Waals surface area contributed by atoms with Gasteiger partial charge in [0, 0.05) is 68.5 Å². The monoisotopic (exact) mass is 462 g/mol. The van der Waals surface area contributed by atoms with E-state index in [0.29, 0.717) is 45.4 Å². The molecule has 0 bridgehead atoms. The highest BCUT2D eigenvalue weighted by molar-refractivity contribution is 5.84. The summed E-state index contributed by atoms with van der Waals surface area (Å²) in [4.78, 5) is 30.6. The molecular formula is C26H34N6O2. The number of benzene rings is 1. The number of carbonyl (C=O) groups is 2. The Labute approximate surface area is 200 Å². The largest absolute Gasteiger partial charge is 0.361 e. The Kier molecular flexibility index (Phi) is 6.92. The van der Waals surface area contributed by atoms with E-state index in [0.717, 1.165) is 49.3 Å². The maximum absolute atomic E-state index is 13.0. The van der Waals surface area contributed by atoms with Crippen molar-refractivity contribution in [3.8, 4) is 0 Å². The Morgan fingerprint density at radius 3 is 2.76 bits per heavy atom. The van der Waals surface area contributed by atoms with Crippen LogP contribution in [0.3, 0.4) is 0 Å². The second kappa shape index (κ2) is 10.4. The molecule has 0 unspecified atom stereocenters. The summed E-state index contributed by atoms with van der Waals surface area (Å²) in [6.07, 6.45) is 10.2. The predicted molar refractivity (Wildman–Crippen MR) is 130 cm³/mol. The van der Waals surface area contributed by atoms with E-state index in [1.165, 1.54) is 17.4 Å². The van der Waals surface area contributed by atoms with Crippen LogP contribution in [0, 0.1) is 5.92 Å². The number of rotatable bonds is 7. The van der Waals surface area contributed by atoms with Gasteiger partial charge in [-0.1, -0.05) is 37.5 Å². The molecule has 5 rings (SSSR count). The van der Waals surface area contributed by atoms with Crippen LogP contribution in [-0.2, 0) is 35.4 Å². The first kappa shape index (κ1) is 22.6. The summed E-state index contributed by atoms with van der Waals surface area (Å²) in [5.74, 6) is 2.37. The molecule has 2 amide bonds. The van der Waals surface area contributed by atoms with Gasteiger partial charge in [0.2, 0.25) is 11.8 Å². The van der Waals surface area contributed by atoms with E-state index in [4.69, 9.17) is 0 Å². The third-order valence-electron chi connectivity index (χ3n) is 7.36. The third-order valence-corrected chi connectivity index (χ3v) is 7.36. The number of nitrogens with zero attached hydrogens (tertiary/aromatic N) is 4. The molecule has 1 aliphatic heterocycles. The molecule has 3 aromatic rings. The van der Waals surface area contributed by atoms with E-state index >= 15 is 0 Å². The number of hydrogen-bond donors (Lipinski definition) is 2. The van der Waals surface area contributed by atoms with Crippen LogP contribution in [-0.4, -0.2) is 56.1 Å². The average Bonchev–Trinajstić information content (AvgIpc) is 3.40. The van der Waals surface area contributed by atoms with Gasteiger partial charge in [-0.05, 0) is 30.9 Å². The van der Waals surface area contributed by atoms with Gasteiger partial charge in [-0.25, -0.2) is 0 Å². The number of aryl methyl sites for hydroxylation is 1. The molecule has 8 nitrogen and oxygen atoms in total. The van der Waals surface area contributed by atoms with Crippen molar-refractivity contribution in [2.75, 3.05) is 19.6 Å². The molecular weight excluding hydrogens is 428 g/mol. The zero-order chi connectivity index (χ0) is 23.3. The van der Waals surface area contributed by atoms with Gasteiger partial charge in [0.25, 0.3) is 0 Å². The summed E-state index contributed by atoms with van der Waals surface area (Å²) in [5, 5.41) is 13.0. The van der Waals surface area contributed by atoms with E-state index in [1.807, 2.05) is 23.2 Å². The fraction of sp³-hybridized carbons (Fsp3) is 0.538. The molecule has 2 aliphatic rings. The summed E-state index contributed by atoms with van der Waals surface area (Å²) in [7, 11) is 0. The van der Waals surface area contributed by atoms with Gasteiger partial charge in [0.1, 0.15) is 11.6 Å². The second-order valence-electron chi connectivity index (χ2n) is 9.55. The fourth-order valence-corrected chi connectivity index (χ4v) is 5.36. The number of nitrogens with one attached hydrogen (secondary N) is 2. The Hall–Kier alpha value is -3.16. The van der Waals surface area contributed by atoms with Gasteiger partial charge in [0.15, 0.2) is 0 Å². The molecule has 3 heterocycles. The van der Waals surface area contributed by atoms with E-state index < -0.39 is 0 Å². The summed E-state index contributed by atoms with van der Waals surface area (Å²) < 4.78 is 2.14. The number of carbonyl (C=O) groups excluding carboxylic acids is 2. The normalized spacial score (nSPS) is 16.9. The molecule has 0 radical (unpaired) electrons. The number of fused-ring (bicyclic) bond motifs is 2. The van der Waals surface area contributed by atoms with Gasteiger partial charge in [-0.2, -0.15) is 0 Å². The van der Waals surface area contributed by atoms with Gasteiger partial charge >= 0.3 is 0 Å². The molecule has 0 spiro atoms. The van der Waals surface area contributed by atoms with Crippen LogP contribution >= 0.6 is 0 Å². The van der Waals surface area contributed by atoms with Crippen LogP contribution in [0.4, 0.5) is 0 Å². The molecule has 1 saturated carbocycles. The lowest BCUT2D eigenvalue weighted by atomic mass is 9.89. The Balaban J connectivity index is 1.11. The lowest BCUT2D eigenvalue weighted by molar-refractivity contribution is -0.131. The molecule has 1 aliphatic carbocycles. The standard InChI is InChI=1S/C26H34N6O2/c33-25(11-10-20-18-28-22-9-5-4-8-21(20)22)31-15-13-24-30-29-23(32(24)17-16-31)12-14-27-26(34)19-6-2-1-3-7-19/h4-5,8-9,18-19,28H,1-3,6-7,10-17H2,(H,27,34). The van der Waals surface area contributed by atoms with Crippen LogP contribution in [0.1, 0.15) is 55.7 Å². The first-order valence-electron chi connectivity index (χ1n) is 12.7. The Morgan fingerprint density at radius 1 is 1.03 bits per heavy atom. The average molecular weight is 463 g/mol. The van der Waals surface area contributed by atoms with Crippen molar-refractivity contribution in [2.24, 2.45) is 5.92 Å². The molecule has 1 fully saturated rings. The number of amides is 2. The van der Waals surface area contributed by atoms with Crippen LogP contribution < -0.4 is 5.32 Å². The number of hydrogen-bond acceptors (Lipinski definition) is 4. The predicted octanol–water partition coefficient (Wildman–Crippen LogP) is 3.02. The van der Waals surface area contributed by atoms with Crippen molar-refractivity contribution in [3.63, 3.8) is 0 Å². The first-order valence-corrected chi connectivity index (χ1v) is 12.7. The van der Waals surface area contributed by atoms with E-state index in [-0.39, 0.29) is 17.7 Å². The maximum atomic E-state index is 13.0. The molecule has 34 heavy (non-hydrogen) atoms. The van der Waals surface area contributed by atoms with Crippen molar-refractivity contribution >= 4 is 22.7 Å². The third kappa shape index (κ3) is 5.00. The summed E-state index contributed by atoms with van der Waals surface area (Å²) in [5.41, 5.74) is 2.30. The fourth-order valence-electron chi connectivity index (χ4n) is 5.36. The van der Waals surface area contributed by atoms with Crippen molar-refractivity contribution in [1.82, 2.24) is 30.0 Å². The number of aromatic nitrogens is 4.